The van der Waals surface area contributed by atoms with Crippen molar-refractivity contribution in [2.75, 3.05) is 44.4 Å². The van der Waals surface area contributed by atoms with Crippen molar-refractivity contribution in [3.63, 3.8) is 0 Å². The molecule has 7 heteroatoms. The van der Waals surface area contributed by atoms with Crippen molar-refractivity contribution >= 4 is 49.3 Å². The molecule has 0 saturated carbocycles. The lowest BCUT2D eigenvalue weighted by Crippen LogP contribution is -2.44. The van der Waals surface area contributed by atoms with Gasteiger partial charge in [-0.2, -0.15) is 0 Å². The van der Waals surface area contributed by atoms with E-state index in [0.29, 0.717) is 5.92 Å². The molecular formula is C21H27N5S2. The summed E-state index contributed by atoms with van der Waals surface area (Å²) < 4.78 is 1.22. The van der Waals surface area contributed by atoms with Crippen molar-refractivity contribution in [1.82, 2.24) is 19.9 Å². The number of pyridine rings is 1. The second-order valence-electron chi connectivity index (χ2n) is 8.25. The molecule has 0 aromatic carbocycles. The first-order valence-corrected chi connectivity index (χ1v) is 12.2. The number of nitrogens with zero attached hydrogens (tertiary/aromatic N) is 5. The average molecular weight is 414 g/mol. The van der Waals surface area contributed by atoms with E-state index in [9.17, 15) is 0 Å². The summed E-state index contributed by atoms with van der Waals surface area (Å²) in [6.07, 6.45) is 5.62. The first-order chi connectivity index (χ1) is 13.6. The number of hydrogen-bond acceptors (Lipinski definition) is 7. The van der Waals surface area contributed by atoms with Crippen LogP contribution in [-0.4, -0.2) is 59.3 Å². The molecular weight excluding hydrogens is 386 g/mol. The largest absolute Gasteiger partial charge is 0.353 e. The van der Waals surface area contributed by atoms with E-state index in [2.05, 4.69) is 37.0 Å². The number of aryl methyl sites for hydroxylation is 1. The standard InChI is InChI=1S/C21H27N5S2/c1-12(2)16-14-7-5-6-13(14)15-17-18(28-20(15)22-16)19(24-21(23-17)27-4)26-10-8-25(3)9-11-26/h12H,5-11H2,1-4H3. The van der Waals surface area contributed by atoms with Crippen LogP contribution < -0.4 is 4.90 Å². The van der Waals surface area contributed by atoms with Crippen molar-refractivity contribution in [3.05, 3.63) is 16.8 Å². The normalized spacial score (nSPS) is 18.0. The van der Waals surface area contributed by atoms with Gasteiger partial charge in [0, 0.05) is 37.3 Å². The van der Waals surface area contributed by atoms with Gasteiger partial charge in [-0.05, 0) is 49.6 Å². The number of thioether (sulfide) groups is 1. The number of fused-ring (bicyclic) bond motifs is 5. The SMILES string of the molecule is CSc1nc(N2CCN(C)CC2)c2sc3nc(C(C)C)c4c(c3c2n1)CCC4. The number of anilines is 1. The lowest BCUT2D eigenvalue weighted by Gasteiger charge is -2.33. The predicted octanol–water partition coefficient (Wildman–Crippen LogP) is 4.33. The molecule has 4 heterocycles. The highest BCUT2D eigenvalue weighted by atomic mass is 32.2. The average Bonchev–Trinajstić information content (AvgIpc) is 3.31. The summed E-state index contributed by atoms with van der Waals surface area (Å²) in [5, 5.41) is 2.19. The molecule has 28 heavy (non-hydrogen) atoms. The highest BCUT2D eigenvalue weighted by Crippen LogP contribution is 2.43. The molecule has 3 aromatic rings. The highest BCUT2D eigenvalue weighted by molar-refractivity contribution is 7.98. The van der Waals surface area contributed by atoms with Crippen LogP contribution in [0.5, 0.6) is 0 Å². The fraction of sp³-hybridized carbons (Fsp3) is 0.571. The van der Waals surface area contributed by atoms with E-state index in [4.69, 9.17) is 15.0 Å². The van der Waals surface area contributed by atoms with Crippen LogP contribution in [-0.2, 0) is 12.8 Å². The lowest BCUT2D eigenvalue weighted by molar-refractivity contribution is 0.312. The van der Waals surface area contributed by atoms with Gasteiger partial charge in [0.1, 0.15) is 4.83 Å². The fourth-order valence-corrected chi connectivity index (χ4v) is 6.09. The predicted molar refractivity (Wildman–Crippen MR) is 120 cm³/mol. The van der Waals surface area contributed by atoms with Crippen LogP contribution in [0.3, 0.4) is 0 Å². The summed E-state index contributed by atoms with van der Waals surface area (Å²) in [7, 11) is 2.19. The van der Waals surface area contributed by atoms with Crippen LogP contribution in [0.25, 0.3) is 20.4 Å². The molecule has 0 amide bonds. The van der Waals surface area contributed by atoms with Gasteiger partial charge >= 0.3 is 0 Å². The van der Waals surface area contributed by atoms with Crippen molar-refractivity contribution in [2.24, 2.45) is 0 Å². The Balaban J connectivity index is 1.78. The molecule has 5 rings (SSSR count). The number of thiophene rings is 1. The maximum absolute atomic E-state index is 5.15. The van der Waals surface area contributed by atoms with Gasteiger partial charge in [0.05, 0.1) is 10.2 Å². The van der Waals surface area contributed by atoms with Crippen LogP contribution in [0.1, 0.15) is 43.0 Å². The van der Waals surface area contributed by atoms with E-state index in [-0.39, 0.29) is 0 Å². The number of piperazine rings is 1. The first-order valence-electron chi connectivity index (χ1n) is 10.2. The first kappa shape index (κ1) is 18.6. The molecule has 3 aromatic heterocycles. The maximum Gasteiger partial charge on any atom is 0.189 e. The van der Waals surface area contributed by atoms with Gasteiger partial charge in [-0.25, -0.2) is 15.0 Å². The molecule has 5 nitrogen and oxygen atoms in total. The zero-order valence-electron chi connectivity index (χ0n) is 17.1. The monoisotopic (exact) mass is 413 g/mol. The van der Waals surface area contributed by atoms with Gasteiger partial charge in [-0.1, -0.05) is 25.6 Å². The fourth-order valence-electron chi connectivity index (χ4n) is 4.56. The Hall–Kier alpha value is -1.44. The van der Waals surface area contributed by atoms with Gasteiger partial charge in [0.2, 0.25) is 0 Å². The van der Waals surface area contributed by atoms with Crippen LogP contribution in [0.15, 0.2) is 5.16 Å². The van der Waals surface area contributed by atoms with Crippen molar-refractivity contribution in [2.45, 2.75) is 44.2 Å². The molecule has 148 valence electrons. The van der Waals surface area contributed by atoms with Crippen molar-refractivity contribution in [1.29, 1.82) is 0 Å². The van der Waals surface area contributed by atoms with Crippen LogP contribution in [0, 0.1) is 0 Å². The maximum atomic E-state index is 5.15. The Morgan fingerprint density at radius 2 is 1.75 bits per heavy atom. The Morgan fingerprint density at radius 1 is 1.00 bits per heavy atom. The highest BCUT2D eigenvalue weighted by Gasteiger charge is 2.27. The summed E-state index contributed by atoms with van der Waals surface area (Å²) in [4.78, 5) is 21.1. The molecule has 0 radical (unpaired) electrons. The van der Waals surface area contributed by atoms with Crippen LogP contribution in [0.2, 0.25) is 0 Å². The van der Waals surface area contributed by atoms with E-state index < -0.39 is 0 Å². The lowest BCUT2D eigenvalue weighted by atomic mass is 9.99. The van der Waals surface area contributed by atoms with E-state index in [0.717, 1.165) is 60.3 Å². The second kappa shape index (κ2) is 7.11. The molecule has 0 spiro atoms. The van der Waals surface area contributed by atoms with E-state index >= 15 is 0 Å². The Kier molecular flexibility index (Phi) is 4.72. The van der Waals surface area contributed by atoms with Gasteiger partial charge in [-0.3, -0.25) is 0 Å². The Morgan fingerprint density at radius 3 is 2.46 bits per heavy atom. The number of aromatic nitrogens is 3. The number of rotatable bonds is 3. The number of likely N-dealkylation sites (N-methyl/N-ethyl adjacent to an activating group) is 1. The molecule has 1 aliphatic heterocycles. The third kappa shape index (κ3) is 2.90. The van der Waals surface area contributed by atoms with Gasteiger partial charge < -0.3 is 9.80 Å². The van der Waals surface area contributed by atoms with E-state index in [1.165, 1.54) is 33.3 Å². The minimum Gasteiger partial charge on any atom is -0.353 e. The van der Waals surface area contributed by atoms with Crippen molar-refractivity contribution in [3.8, 4) is 0 Å². The smallest absolute Gasteiger partial charge is 0.189 e. The molecule has 1 fully saturated rings. The molecule has 0 bridgehead atoms. The van der Waals surface area contributed by atoms with Gasteiger partial charge in [0.25, 0.3) is 0 Å². The van der Waals surface area contributed by atoms with Gasteiger partial charge in [0.15, 0.2) is 11.0 Å². The molecule has 1 aliphatic carbocycles. The zero-order valence-corrected chi connectivity index (χ0v) is 18.7. The Labute approximate surface area is 174 Å². The third-order valence-electron chi connectivity index (χ3n) is 6.06. The summed E-state index contributed by atoms with van der Waals surface area (Å²) in [6.45, 7) is 8.73. The molecule has 1 saturated heterocycles. The quantitative estimate of drug-likeness (QED) is 0.471. The van der Waals surface area contributed by atoms with Crippen LogP contribution in [0.4, 0.5) is 5.82 Å². The summed E-state index contributed by atoms with van der Waals surface area (Å²) >= 11 is 3.44. The summed E-state index contributed by atoms with van der Waals surface area (Å²) in [6, 6.07) is 0. The van der Waals surface area contributed by atoms with Crippen LogP contribution >= 0.6 is 23.1 Å². The minimum absolute atomic E-state index is 0.464. The molecule has 0 N–H and O–H groups in total. The number of hydrogen-bond donors (Lipinski definition) is 0. The third-order valence-corrected chi connectivity index (χ3v) is 7.68. The van der Waals surface area contributed by atoms with Gasteiger partial charge in [-0.15, -0.1) is 11.3 Å². The second-order valence-corrected chi connectivity index (χ2v) is 10.0. The Bertz CT molecular complexity index is 1050. The van der Waals surface area contributed by atoms with E-state index in [1.54, 1.807) is 23.1 Å². The molecule has 0 atom stereocenters. The molecule has 0 unspecified atom stereocenters. The molecule has 2 aliphatic rings. The van der Waals surface area contributed by atoms with Crippen molar-refractivity contribution < 1.29 is 0 Å². The summed E-state index contributed by atoms with van der Waals surface area (Å²) in [5.41, 5.74) is 5.43. The minimum atomic E-state index is 0.464. The zero-order chi connectivity index (χ0) is 19.4. The van der Waals surface area contributed by atoms with E-state index in [1.807, 2.05) is 0 Å². The summed E-state index contributed by atoms with van der Waals surface area (Å²) in [5.74, 6) is 1.58. The topological polar surface area (TPSA) is 45.2 Å².